The molecule has 24 heavy (non-hydrogen) atoms. The van der Waals surface area contributed by atoms with E-state index in [0.29, 0.717) is 0 Å². The first-order valence-corrected chi connectivity index (χ1v) is 6.67. The number of carbonyl (C=O) groups is 1. The summed E-state index contributed by atoms with van der Waals surface area (Å²) in [6.07, 6.45) is 0. The zero-order chi connectivity index (χ0) is 17.3. The van der Waals surface area contributed by atoms with Crippen molar-refractivity contribution >= 4 is 5.97 Å². The van der Waals surface area contributed by atoms with E-state index in [4.69, 9.17) is 4.52 Å². The summed E-state index contributed by atoms with van der Waals surface area (Å²) < 4.78 is 50.9. The molecule has 0 aliphatic heterocycles. The van der Waals surface area contributed by atoms with Crippen LogP contribution >= 0.6 is 0 Å². The lowest BCUT2D eigenvalue weighted by atomic mass is 10.1. The Morgan fingerprint density at radius 3 is 2.58 bits per heavy atom. The van der Waals surface area contributed by atoms with Crippen LogP contribution < -0.4 is 0 Å². The fourth-order valence-electron chi connectivity index (χ4n) is 2.00. The minimum Gasteiger partial charge on any atom is -0.464 e. The molecule has 0 aliphatic carbocycles. The number of aromatic amines is 1. The van der Waals surface area contributed by atoms with E-state index in [1.165, 1.54) is 19.2 Å². The van der Waals surface area contributed by atoms with Gasteiger partial charge in [0.25, 0.3) is 5.89 Å². The number of rotatable bonds is 4. The van der Waals surface area contributed by atoms with Gasteiger partial charge in [0.05, 0.1) is 7.11 Å². The molecular formula is C15H10F3N3O3. The number of hydrogen-bond acceptors (Lipinski definition) is 5. The Labute approximate surface area is 133 Å². The summed E-state index contributed by atoms with van der Waals surface area (Å²) in [5, 5.41) is 3.27. The summed E-state index contributed by atoms with van der Waals surface area (Å²) in [4.78, 5) is 17.6. The molecule has 3 rings (SSSR count). The van der Waals surface area contributed by atoms with Gasteiger partial charge in [-0.15, -0.1) is 0 Å². The lowest BCUT2D eigenvalue weighted by Gasteiger charge is -2.11. The molecule has 2 heterocycles. The molecule has 124 valence electrons. The van der Waals surface area contributed by atoms with Crippen molar-refractivity contribution < 1.29 is 27.2 Å². The summed E-state index contributed by atoms with van der Waals surface area (Å²) >= 11 is 0. The number of hydrogen-bond donors (Lipinski definition) is 1. The van der Waals surface area contributed by atoms with Gasteiger partial charge in [-0.2, -0.15) is 13.8 Å². The Bertz CT molecular complexity index is 871. The van der Waals surface area contributed by atoms with E-state index >= 15 is 0 Å². The SMILES string of the molecule is COC(=O)c1ccc(-c2nc(C(F)(F)c3ccc(F)cc3)no2)[nH]1. The van der Waals surface area contributed by atoms with Crippen molar-refractivity contribution in [3.8, 4) is 11.6 Å². The predicted octanol–water partition coefficient (Wildman–Crippen LogP) is 3.13. The van der Waals surface area contributed by atoms with Gasteiger partial charge in [-0.1, -0.05) is 5.16 Å². The largest absolute Gasteiger partial charge is 0.464 e. The van der Waals surface area contributed by atoms with Gasteiger partial charge < -0.3 is 14.2 Å². The first-order valence-electron chi connectivity index (χ1n) is 6.67. The Kier molecular flexibility index (Phi) is 3.84. The van der Waals surface area contributed by atoms with E-state index in [2.05, 4.69) is 19.9 Å². The van der Waals surface area contributed by atoms with Crippen molar-refractivity contribution in [3.05, 3.63) is 59.3 Å². The van der Waals surface area contributed by atoms with Crippen LogP contribution in [0.4, 0.5) is 13.2 Å². The van der Waals surface area contributed by atoms with Gasteiger partial charge in [-0.25, -0.2) is 9.18 Å². The molecule has 1 N–H and O–H groups in total. The third kappa shape index (κ3) is 2.75. The first-order chi connectivity index (χ1) is 11.4. The molecule has 0 radical (unpaired) electrons. The van der Waals surface area contributed by atoms with Crippen molar-refractivity contribution in [2.24, 2.45) is 0 Å². The molecule has 0 bridgehead atoms. The monoisotopic (exact) mass is 337 g/mol. The van der Waals surface area contributed by atoms with Gasteiger partial charge in [0.1, 0.15) is 17.2 Å². The van der Waals surface area contributed by atoms with Crippen LogP contribution in [-0.2, 0) is 10.7 Å². The Balaban J connectivity index is 1.91. The minimum absolute atomic E-state index is 0.109. The topological polar surface area (TPSA) is 81.0 Å². The highest BCUT2D eigenvalue weighted by Gasteiger charge is 2.39. The summed E-state index contributed by atoms with van der Waals surface area (Å²) in [5.41, 5.74) is -0.181. The van der Waals surface area contributed by atoms with Crippen molar-refractivity contribution in [1.29, 1.82) is 0 Å². The highest BCUT2D eigenvalue weighted by atomic mass is 19.3. The van der Waals surface area contributed by atoms with Crippen molar-refractivity contribution in [2.45, 2.75) is 5.92 Å². The number of nitrogens with one attached hydrogen (secondary N) is 1. The van der Waals surface area contributed by atoms with E-state index in [1.807, 2.05) is 0 Å². The predicted molar refractivity (Wildman–Crippen MR) is 74.8 cm³/mol. The van der Waals surface area contributed by atoms with Crippen LogP contribution in [0.1, 0.15) is 21.9 Å². The molecule has 0 spiro atoms. The van der Waals surface area contributed by atoms with Gasteiger partial charge >= 0.3 is 11.9 Å². The number of ether oxygens (including phenoxy) is 1. The summed E-state index contributed by atoms with van der Waals surface area (Å²) in [7, 11) is 1.21. The molecule has 0 saturated carbocycles. The number of carbonyl (C=O) groups excluding carboxylic acids is 1. The normalized spacial score (nSPS) is 11.5. The third-order valence-electron chi connectivity index (χ3n) is 3.24. The van der Waals surface area contributed by atoms with Crippen molar-refractivity contribution in [2.75, 3.05) is 7.11 Å². The minimum atomic E-state index is -3.56. The maximum absolute atomic E-state index is 14.3. The maximum atomic E-state index is 14.3. The first kappa shape index (κ1) is 15.8. The number of methoxy groups -OCH3 is 1. The number of esters is 1. The lowest BCUT2D eigenvalue weighted by Crippen LogP contribution is -2.17. The molecule has 0 saturated heterocycles. The fourth-order valence-corrected chi connectivity index (χ4v) is 2.00. The van der Waals surface area contributed by atoms with Crippen LogP contribution in [0.3, 0.4) is 0 Å². The molecule has 0 unspecified atom stereocenters. The molecule has 0 atom stereocenters. The van der Waals surface area contributed by atoms with E-state index < -0.39 is 29.1 Å². The van der Waals surface area contributed by atoms with Crippen LogP contribution in [-0.4, -0.2) is 28.2 Å². The standard InChI is InChI=1S/C15H10F3N3O3/c1-23-13(22)11-7-6-10(19-11)12-20-14(21-24-12)15(17,18)8-2-4-9(16)5-3-8/h2-7,19H,1H3. The zero-order valence-electron chi connectivity index (χ0n) is 12.2. The highest BCUT2D eigenvalue weighted by Crippen LogP contribution is 2.34. The quantitative estimate of drug-likeness (QED) is 0.740. The van der Waals surface area contributed by atoms with E-state index in [0.717, 1.165) is 24.3 Å². The summed E-state index contributed by atoms with van der Waals surface area (Å²) in [6, 6.07) is 6.52. The lowest BCUT2D eigenvalue weighted by molar-refractivity contribution is 0.0304. The second-order valence-electron chi connectivity index (χ2n) is 4.78. The number of aromatic nitrogens is 3. The third-order valence-corrected chi connectivity index (χ3v) is 3.24. The van der Waals surface area contributed by atoms with Crippen LogP contribution in [0.25, 0.3) is 11.6 Å². The van der Waals surface area contributed by atoms with Gasteiger partial charge in [-0.05, 0) is 36.4 Å². The van der Waals surface area contributed by atoms with Gasteiger partial charge in [0.2, 0.25) is 5.82 Å². The van der Waals surface area contributed by atoms with Crippen LogP contribution in [0, 0.1) is 5.82 Å². The molecule has 0 fully saturated rings. The Morgan fingerprint density at radius 2 is 1.92 bits per heavy atom. The Morgan fingerprint density at radius 1 is 1.21 bits per heavy atom. The maximum Gasteiger partial charge on any atom is 0.354 e. The number of nitrogens with zero attached hydrogens (tertiary/aromatic N) is 2. The number of benzene rings is 1. The zero-order valence-corrected chi connectivity index (χ0v) is 12.2. The number of halogens is 3. The van der Waals surface area contributed by atoms with Gasteiger partial charge in [0, 0.05) is 5.56 Å². The molecule has 2 aromatic heterocycles. The summed E-state index contributed by atoms with van der Waals surface area (Å²) in [6.45, 7) is 0. The highest BCUT2D eigenvalue weighted by molar-refractivity contribution is 5.88. The average Bonchev–Trinajstić information content (AvgIpc) is 3.23. The molecule has 6 nitrogen and oxygen atoms in total. The molecular weight excluding hydrogens is 327 g/mol. The molecule has 1 aromatic carbocycles. The van der Waals surface area contributed by atoms with Crippen LogP contribution in [0.5, 0.6) is 0 Å². The average molecular weight is 337 g/mol. The van der Waals surface area contributed by atoms with Gasteiger partial charge in [0.15, 0.2) is 0 Å². The number of alkyl halides is 2. The molecule has 9 heteroatoms. The van der Waals surface area contributed by atoms with Gasteiger partial charge in [-0.3, -0.25) is 0 Å². The van der Waals surface area contributed by atoms with E-state index in [9.17, 15) is 18.0 Å². The van der Waals surface area contributed by atoms with E-state index in [-0.39, 0.29) is 17.3 Å². The van der Waals surface area contributed by atoms with E-state index in [1.54, 1.807) is 0 Å². The second-order valence-corrected chi connectivity index (χ2v) is 4.78. The van der Waals surface area contributed by atoms with Crippen molar-refractivity contribution in [1.82, 2.24) is 15.1 Å². The smallest absolute Gasteiger partial charge is 0.354 e. The fraction of sp³-hybridized carbons (Fsp3) is 0.133. The van der Waals surface area contributed by atoms with Crippen LogP contribution in [0.15, 0.2) is 40.9 Å². The molecule has 3 aromatic rings. The summed E-state index contributed by atoms with van der Waals surface area (Å²) in [5.74, 6) is -5.92. The second kappa shape index (κ2) is 5.84. The Hall–Kier alpha value is -3.10. The van der Waals surface area contributed by atoms with Crippen molar-refractivity contribution in [3.63, 3.8) is 0 Å². The molecule has 0 aliphatic rings. The van der Waals surface area contributed by atoms with Crippen LogP contribution in [0.2, 0.25) is 0 Å². The number of H-pyrrole nitrogens is 1. The molecule has 0 amide bonds.